The molecule has 1 saturated heterocycles. The van der Waals surface area contributed by atoms with Crippen molar-refractivity contribution >= 4 is 22.1 Å². The first kappa shape index (κ1) is 11.1. The summed E-state index contributed by atoms with van der Waals surface area (Å²) >= 11 is 0. The molecule has 0 aliphatic carbocycles. The molecule has 1 aromatic heterocycles. The summed E-state index contributed by atoms with van der Waals surface area (Å²) < 4.78 is 39.0. The summed E-state index contributed by atoms with van der Waals surface area (Å²) in [6.45, 7) is 1.41. The third kappa shape index (κ3) is 1.92. The third-order valence-corrected chi connectivity index (χ3v) is 3.44. The van der Waals surface area contributed by atoms with E-state index in [0.717, 1.165) is 4.90 Å². The lowest BCUT2D eigenvalue weighted by Gasteiger charge is -2.09. The minimum Gasteiger partial charge on any atom is -0.431 e. The molecule has 1 aliphatic rings. The van der Waals surface area contributed by atoms with Crippen molar-refractivity contribution in [2.75, 3.05) is 11.4 Å². The maximum Gasteiger partial charge on any atom is 0.307 e. The predicted octanol–water partition coefficient (Wildman–Crippen LogP) is 0.388. The van der Waals surface area contributed by atoms with Crippen LogP contribution in [-0.4, -0.2) is 31.1 Å². The summed E-state index contributed by atoms with van der Waals surface area (Å²) in [6, 6.07) is 0.00801. The average molecular weight is 248 g/mol. The highest BCUT2D eigenvalue weighted by Crippen LogP contribution is 2.24. The number of amides is 1. The molecule has 1 aliphatic heterocycles. The van der Waals surface area contributed by atoms with Crippen LogP contribution in [0.15, 0.2) is 10.7 Å². The molecule has 0 saturated carbocycles. The van der Waals surface area contributed by atoms with Crippen molar-refractivity contribution in [3.63, 3.8) is 0 Å². The SMILES string of the molecule is Cc1coc(N2CC(S(=O)(=O)F)CC2=O)n1. The molecular weight excluding hydrogens is 239 g/mol. The van der Waals surface area contributed by atoms with E-state index >= 15 is 0 Å². The van der Waals surface area contributed by atoms with Gasteiger partial charge in [0.25, 0.3) is 0 Å². The van der Waals surface area contributed by atoms with Gasteiger partial charge in [-0.05, 0) is 6.92 Å². The van der Waals surface area contributed by atoms with E-state index in [4.69, 9.17) is 4.42 Å². The molecule has 0 aromatic carbocycles. The average Bonchev–Trinajstić information content (AvgIpc) is 2.70. The van der Waals surface area contributed by atoms with E-state index < -0.39 is 21.4 Å². The fraction of sp³-hybridized carbons (Fsp3) is 0.500. The van der Waals surface area contributed by atoms with Gasteiger partial charge in [0.05, 0.1) is 12.2 Å². The van der Waals surface area contributed by atoms with Gasteiger partial charge >= 0.3 is 16.2 Å². The zero-order chi connectivity index (χ0) is 11.9. The number of aryl methyl sites for hydroxylation is 1. The van der Waals surface area contributed by atoms with Crippen molar-refractivity contribution in [3.8, 4) is 0 Å². The number of rotatable bonds is 2. The van der Waals surface area contributed by atoms with Crippen molar-refractivity contribution in [3.05, 3.63) is 12.0 Å². The number of anilines is 1. The topological polar surface area (TPSA) is 80.5 Å². The zero-order valence-corrected chi connectivity index (χ0v) is 9.20. The lowest BCUT2D eigenvalue weighted by atomic mass is 10.4. The van der Waals surface area contributed by atoms with Crippen LogP contribution in [0.4, 0.5) is 9.90 Å². The lowest BCUT2D eigenvalue weighted by molar-refractivity contribution is -0.117. The number of halogens is 1. The fourth-order valence-corrected chi connectivity index (χ4v) is 2.18. The van der Waals surface area contributed by atoms with Gasteiger partial charge in [-0.2, -0.15) is 13.4 Å². The van der Waals surface area contributed by atoms with Crippen LogP contribution in [0.5, 0.6) is 0 Å². The lowest BCUT2D eigenvalue weighted by Crippen LogP contribution is -2.27. The van der Waals surface area contributed by atoms with Gasteiger partial charge in [0, 0.05) is 6.42 Å². The van der Waals surface area contributed by atoms with Gasteiger partial charge < -0.3 is 4.42 Å². The van der Waals surface area contributed by atoms with Crippen molar-refractivity contribution in [2.45, 2.75) is 18.6 Å². The second-order valence-electron chi connectivity index (χ2n) is 3.58. The minimum absolute atomic E-state index is 0.00801. The molecule has 1 amide bonds. The summed E-state index contributed by atoms with van der Waals surface area (Å²) in [4.78, 5) is 16.4. The molecule has 8 heteroatoms. The second kappa shape index (κ2) is 3.55. The van der Waals surface area contributed by atoms with Gasteiger partial charge in [-0.25, -0.2) is 0 Å². The smallest absolute Gasteiger partial charge is 0.307 e. The first-order chi connectivity index (χ1) is 7.38. The van der Waals surface area contributed by atoms with Crippen molar-refractivity contribution in [1.82, 2.24) is 4.98 Å². The summed E-state index contributed by atoms with van der Waals surface area (Å²) in [6.07, 6.45) is 0.958. The molecule has 88 valence electrons. The van der Waals surface area contributed by atoms with Gasteiger partial charge in [-0.15, -0.1) is 3.89 Å². The van der Waals surface area contributed by atoms with Gasteiger partial charge in [0.1, 0.15) is 11.5 Å². The van der Waals surface area contributed by atoms with E-state index in [0.29, 0.717) is 5.69 Å². The fourth-order valence-electron chi connectivity index (χ4n) is 1.51. The van der Waals surface area contributed by atoms with Crippen LogP contribution in [0.1, 0.15) is 12.1 Å². The van der Waals surface area contributed by atoms with Crippen LogP contribution in [0.2, 0.25) is 0 Å². The number of carbonyl (C=O) groups is 1. The Morgan fingerprint density at radius 2 is 2.31 bits per heavy atom. The molecule has 0 bridgehead atoms. The largest absolute Gasteiger partial charge is 0.431 e. The van der Waals surface area contributed by atoms with E-state index in [1.165, 1.54) is 6.26 Å². The molecule has 1 fully saturated rings. The quantitative estimate of drug-likeness (QED) is 0.707. The number of nitrogens with zero attached hydrogens (tertiary/aromatic N) is 2. The molecule has 2 rings (SSSR count). The number of hydrogen-bond acceptors (Lipinski definition) is 5. The molecule has 1 aromatic rings. The van der Waals surface area contributed by atoms with Crippen LogP contribution in [0, 0.1) is 6.92 Å². The molecule has 6 nitrogen and oxygen atoms in total. The molecule has 1 unspecified atom stereocenters. The first-order valence-corrected chi connectivity index (χ1v) is 5.98. The Kier molecular flexibility index (Phi) is 2.45. The van der Waals surface area contributed by atoms with Crippen LogP contribution in [0.25, 0.3) is 0 Å². The summed E-state index contributed by atoms with van der Waals surface area (Å²) in [7, 11) is -4.70. The summed E-state index contributed by atoms with van der Waals surface area (Å²) in [5.41, 5.74) is 0.564. The number of hydrogen-bond donors (Lipinski definition) is 0. The van der Waals surface area contributed by atoms with Crippen LogP contribution in [-0.2, 0) is 15.0 Å². The number of oxazole rings is 1. The van der Waals surface area contributed by atoms with E-state index in [2.05, 4.69) is 4.98 Å². The second-order valence-corrected chi connectivity index (χ2v) is 5.20. The highest BCUT2D eigenvalue weighted by Gasteiger charge is 2.40. The Bertz CT molecular complexity index is 524. The maximum atomic E-state index is 12.7. The van der Waals surface area contributed by atoms with Crippen molar-refractivity contribution < 1.29 is 21.5 Å². The van der Waals surface area contributed by atoms with Gasteiger partial charge in [-0.1, -0.05) is 0 Å². The molecule has 16 heavy (non-hydrogen) atoms. The Morgan fingerprint density at radius 1 is 1.62 bits per heavy atom. The van der Waals surface area contributed by atoms with Gasteiger partial charge in [-0.3, -0.25) is 9.69 Å². The van der Waals surface area contributed by atoms with Gasteiger partial charge in [0.2, 0.25) is 5.91 Å². The first-order valence-electron chi connectivity index (χ1n) is 4.54. The monoisotopic (exact) mass is 248 g/mol. The number of aromatic nitrogens is 1. The van der Waals surface area contributed by atoms with E-state index in [1.54, 1.807) is 6.92 Å². The van der Waals surface area contributed by atoms with Crippen LogP contribution in [0.3, 0.4) is 0 Å². The van der Waals surface area contributed by atoms with Gasteiger partial charge in [0.15, 0.2) is 0 Å². The molecule has 2 heterocycles. The number of carbonyl (C=O) groups excluding carboxylic acids is 1. The highest BCUT2D eigenvalue weighted by atomic mass is 32.3. The molecule has 1 atom stereocenters. The van der Waals surface area contributed by atoms with E-state index in [9.17, 15) is 17.1 Å². The minimum atomic E-state index is -4.70. The zero-order valence-electron chi connectivity index (χ0n) is 8.38. The standard InChI is InChI=1S/C8H9FN2O4S/c1-5-4-15-8(10-5)11-3-6(2-7(11)12)16(9,13)14/h4,6H,2-3H2,1H3. The third-order valence-electron chi connectivity index (χ3n) is 2.33. The van der Waals surface area contributed by atoms with Crippen molar-refractivity contribution in [1.29, 1.82) is 0 Å². The maximum absolute atomic E-state index is 12.7. The Hall–Kier alpha value is -1.44. The van der Waals surface area contributed by atoms with Crippen molar-refractivity contribution in [2.24, 2.45) is 0 Å². The normalized spacial score (nSPS) is 21.8. The predicted molar refractivity (Wildman–Crippen MR) is 52.0 cm³/mol. The van der Waals surface area contributed by atoms with E-state index in [1.807, 2.05) is 0 Å². The summed E-state index contributed by atoms with van der Waals surface area (Å²) in [5.74, 6) is -0.506. The Balaban J connectivity index is 2.24. The molecule has 0 radical (unpaired) electrons. The molecule has 0 spiro atoms. The van der Waals surface area contributed by atoms with Crippen LogP contribution >= 0.6 is 0 Å². The molecular formula is C8H9FN2O4S. The highest BCUT2D eigenvalue weighted by molar-refractivity contribution is 7.87. The Labute approximate surface area is 91.3 Å². The molecule has 0 N–H and O–H groups in total. The van der Waals surface area contributed by atoms with E-state index in [-0.39, 0.29) is 19.0 Å². The summed E-state index contributed by atoms with van der Waals surface area (Å²) in [5, 5.41) is -1.33. The van der Waals surface area contributed by atoms with Crippen LogP contribution < -0.4 is 4.90 Å². The Morgan fingerprint density at radius 3 is 2.75 bits per heavy atom.